The van der Waals surface area contributed by atoms with Crippen LogP contribution in [-0.2, 0) is 0 Å². The van der Waals surface area contributed by atoms with Gasteiger partial charge in [-0.3, -0.25) is 4.79 Å². The third-order valence-corrected chi connectivity index (χ3v) is 5.83. The van der Waals surface area contributed by atoms with E-state index in [1.165, 1.54) is 5.01 Å². The molecule has 0 saturated carbocycles. The first-order valence-electron chi connectivity index (χ1n) is 9.15. The SMILES string of the molecule is COc1cccc([C@H]2CC(c3ccc(Br)cc3)=NN2C(=O)c2ccc(Br)o2)c1OC. The zero-order chi connectivity index (χ0) is 21.3. The summed E-state index contributed by atoms with van der Waals surface area (Å²) >= 11 is 6.71. The van der Waals surface area contributed by atoms with Crippen molar-refractivity contribution in [2.75, 3.05) is 14.2 Å². The van der Waals surface area contributed by atoms with Crippen molar-refractivity contribution >= 4 is 43.5 Å². The number of hydrogen-bond acceptors (Lipinski definition) is 5. The molecule has 0 aliphatic carbocycles. The highest BCUT2D eigenvalue weighted by Crippen LogP contribution is 2.42. The minimum absolute atomic E-state index is 0.203. The van der Waals surface area contributed by atoms with Crippen molar-refractivity contribution in [1.82, 2.24) is 5.01 Å². The minimum atomic E-state index is -0.370. The number of carbonyl (C=O) groups is 1. The van der Waals surface area contributed by atoms with Gasteiger partial charge in [-0.2, -0.15) is 5.10 Å². The van der Waals surface area contributed by atoms with Gasteiger partial charge in [0.25, 0.3) is 0 Å². The Morgan fingerprint density at radius 2 is 1.83 bits per heavy atom. The molecule has 4 rings (SSSR count). The van der Waals surface area contributed by atoms with Crippen molar-refractivity contribution in [1.29, 1.82) is 0 Å². The fraction of sp³-hybridized carbons (Fsp3) is 0.182. The van der Waals surface area contributed by atoms with Gasteiger partial charge in [0.1, 0.15) is 0 Å². The van der Waals surface area contributed by atoms with Gasteiger partial charge in [-0.15, -0.1) is 0 Å². The van der Waals surface area contributed by atoms with E-state index in [1.54, 1.807) is 26.4 Å². The Balaban J connectivity index is 1.79. The molecule has 0 saturated heterocycles. The summed E-state index contributed by atoms with van der Waals surface area (Å²) in [5.41, 5.74) is 2.56. The van der Waals surface area contributed by atoms with E-state index in [-0.39, 0.29) is 17.7 Å². The Labute approximate surface area is 190 Å². The van der Waals surface area contributed by atoms with Crippen molar-refractivity contribution in [3.8, 4) is 11.5 Å². The third-order valence-electron chi connectivity index (χ3n) is 4.87. The van der Waals surface area contributed by atoms with Gasteiger partial charge in [0.15, 0.2) is 21.9 Å². The van der Waals surface area contributed by atoms with Crippen LogP contribution in [-0.4, -0.2) is 30.8 Å². The van der Waals surface area contributed by atoms with Crippen molar-refractivity contribution in [3.63, 3.8) is 0 Å². The molecular weight excluding hydrogens is 516 g/mol. The molecule has 0 bridgehead atoms. The van der Waals surface area contributed by atoms with Gasteiger partial charge < -0.3 is 13.9 Å². The van der Waals surface area contributed by atoms with E-state index in [2.05, 4.69) is 37.0 Å². The summed E-state index contributed by atoms with van der Waals surface area (Å²) in [6.07, 6.45) is 0.527. The number of nitrogens with zero attached hydrogens (tertiary/aromatic N) is 2. The molecule has 1 atom stereocenters. The summed E-state index contributed by atoms with van der Waals surface area (Å²) in [7, 11) is 3.17. The topological polar surface area (TPSA) is 64.3 Å². The number of carbonyl (C=O) groups excluding carboxylic acids is 1. The Morgan fingerprint density at radius 1 is 1.07 bits per heavy atom. The number of para-hydroxylation sites is 1. The highest BCUT2D eigenvalue weighted by molar-refractivity contribution is 9.10. The summed E-state index contributed by atoms with van der Waals surface area (Å²) in [5.74, 6) is 1.05. The maximum absolute atomic E-state index is 13.3. The molecule has 3 aromatic rings. The molecule has 0 spiro atoms. The van der Waals surface area contributed by atoms with E-state index >= 15 is 0 Å². The second-order valence-corrected chi connectivity index (χ2v) is 8.31. The second-order valence-electron chi connectivity index (χ2n) is 6.61. The summed E-state index contributed by atoms with van der Waals surface area (Å²) in [6.45, 7) is 0. The van der Waals surface area contributed by atoms with Gasteiger partial charge in [0.05, 0.1) is 26.0 Å². The number of methoxy groups -OCH3 is 2. The summed E-state index contributed by atoms with van der Waals surface area (Å²) < 4.78 is 18.0. The molecule has 2 aromatic carbocycles. The maximum atomic E-state index is 13.3. The molecule has 1 amide bonds. The van der Waals surface area contributed by atoms with Crippen molar-refractivity contribution in [2.45, 2.75) is 12.5 Å². The molecule has 1 aliphatic heterocycles. The molecule has 1 aromatic heterocycles. The van der Waals surface area contributed by atoms with Crippen LogP contribution in [0.2, 0.25) is 0 Å². The van der Waals surface area contributed by atoms with Crippen LogP contribution in [0.1, 0.15) is 34.1 Å². The predicted octanol–water partition coefficient (Wildman–Crippen LogP) is 5.81. The van der Waals surface area contributed by atoms with E-state index in [0.717, 1.165) is 21.3 Å². The monoisotopic (exact) mass is 532 g/mol. The summed E-state index contributed by atoms with van der Waals surface area (Å²) in [6, 6.07) is 16.4. The molecule has 8 heteroatoms. The molecule has 0 unspecified atom stereocenters. The Kier molecular flexibility index (Phi) is 5.97. The Bertz CT molecular complexity index is 1110. The fourth-order valence-electron chi connectivity index (χ4n) is 3.47. The summed E-state index contributed by atoms with van der Waals surface area (Å²) in [4.78, 5) is 13.3. The number of furan rings is 1. The smallest absolute Gasteiger partial charge is 0.310 e. The first-order chi connectivity index (χ1) is 14.5. The standard InChI is InChI=1S/C22H18Br2N2O4/c1-28-18-5-3-4-15(21(18)29-2)17-12-16(13-6-8-14(23)9-7-13)25-26(17)22(27)19-10-11-20(24)30-19/h3-11,17H,12H2,1-2H3/t17-/m1/s1. The highest BCUT2D eigenvalue weighted by atomic mass is 79.9. The van der Waals surface area contributed by atoms with E-state index < -0.39 is 0 Å². The largest absolute Gasteiger partial charge is 0.493 e. The van der Waals surface area contributed by atoms with Gasteiger partial charge in [-0.1, -0.05) is 40.2 Å². The zero-order valence-electron chi connectivity index (χ0n) is 16.3. The Hall–Kier alpha value is -2.58. The van der Waals surface area contributed by atoms with Crippen LogP contribution in [0.3, 0.4) is 0 Å². The van der Waals surface area contributed by atoms with E-state index in [4.69, 9.17) is 13.9 Å². The molecule has 1 aliphatic rings. The summed E-state index contributed by atoms with van der Waals surface area (Å²) in [5, 5.41) is 6.13. The number of hydrazone groups is 1. The second kappa shape index (κ2) is 8.65. The quantitative estimate of drug-likeness (QED) is 0.415. The van der Waals surface area contributed by atoms with E-state index in [0.29, 0.717) is 22.6 Å². The molecule has 30 heavy (non-hydrogen) atoms. The minimum Gasteiger partial charge on any atom is -0.493 e. The zero-order valence-corrected chi connectivity index (χ0v) is 19.4. The van der Waals surface area contributed by atoms with Crippen molar-refractivity contribution < 1.29 is 18.7 Å². The molecule has 6 nitrogen and oxygen atoms in total. The first kappa shape index (κ1) is 20.7. The van der Waals surface area contributed by atoms with Gasteiger partial charge >= 0.3 is 5.91 Å². The lowest BCUT2D eigenvalue weighted by Crippen LogP contribution is -2.27. The van der Waals surface area contributed by atoms with Gasteiger partial charge in [-0.25, -0.2) is 5.01 Å². The van der Waals surface area contributed by atoms with Crippen LogP contribution in [0.15, 0.2) is 73.3 Å². The number of benzene rings is 2. The first-order valence-corrected chi connectivity index (χ1v) is 10.7. The lowest BCUT2D eigenvalue weighted by atomic mass is 9.97. The lowest BCUT2D eigenvalue weighted by molar-refractivity contribution is 0.0675. The van der Waals surface area contributed by atoms with Gasteiger partial charge in [-0.05, 0) is 51.8 Å². The average molecular weight is 534 g/mol. The van der Waals surface area contributed by atoms with Gasteiger partial charge in [0, 0.05) is 16.5 Å². The van der Waals surface area contributed by atoms with Crippen molar-refractivity contribution in [3.05, 3.63) is 80.6 Å². The maximum Gasteiger partial charge on any atom is 0.310 e. The van der Waals surface area contributed by atoms with Crippen LogP contribution in [0.4, 0.5) is 0 Å². The Morgan fingerprint density at radius 3 is 2.47 bits per heavy atom. The number of halogens is 2. The van der Waals surface area contributed by atoms with Crippen LogP contribution < -0.4 is 9.47 Å². The molecule has 2 heterocycles. The van der Waals surface area contributed by atoms with Crippen LogP contribution >= 0.6 is 31.9 Å². The number of hydrogen-bond donors (Lipinski definition) is 0. The van der Waals surface area contributed by atoms with E-state index in [9.17, 15) is 4.79 Å². The lowest BCUT2D eigenvalue weighted by Gasteiger charge is -2.23. The number of amides is 1. The molecule has 0 radical (unpaired) electrons. The number of rotatable bonds is 5. The predicted molar refractivity (Wildman–Crippen MR) is 120 cm³/mol. The molecule has 0 fully saturated rings. The third kappa shape index (κ3) is 3.89. The van der Waals surface area contributed by atoms with E-state index in [1.807, 2.05) is 42.5 Å². The normalized spacial score (nSPS) is 15.8. The van der Waals surface area contributed by atoms with Gasteiger partial charge in [0.2, 0.25) is 0 Å². The van der Waals surface area contributed by atoms with Crippen LogP contribution in [0, 0.1) is 0 Å². The van der Waals surface area contributed by atoms with Crippen LogP contribution in [0.25, 0.3) is 0 Å². The molecular formula is C22H18Br2N2O4. The molecule has 0 N–H and O–H groups in total. The average Bonchev–Trinajstić information content (AvgIpc) is 3.40. The molecule has 154 valence electrons. The van der Waals surface area contributed by atoms with Crippen molar-refractivity contribution in [2.24, 2.45) is 5.10 Å². The van der Waals surface area contributed by atoms with Crippen LogP contribution in [0.5, 0.6) is 11.5 Å². The number of ether oxygens (including phenoxy) is 2. The fourth-order valence-corrected chi connectivity index (χ4v) is 4.04. The highest BCUT2D eigenvalue weighted by Gasteiger charge is 2.37.